The highest BCUT2D eigenvalue weighted by Crippen LogP contribution is 2.30. The number of hydrogen-bond acceptors (Lipinski definition) is 18. The predicted molar refractivity (Wildman–Crippen MR) is 310 cm³/mol. The zero-order valence-electron chi connectivity index (χ0n) is 45.4. The van der Waals surface area contributed by atoms with Gasteiger partial charge in [-0.25, -0.2) is 0 Å². The first-order chi connectivity index (χ1) is 36.5. The molecular weight excluding hydrogens is 1340 g/mol. The Hall–Kier alpha value is -3.36. The number of rotatable bonds is 36. The molecule has 0 fully saturated rings. The second kappa shape index (κ2) is 44.4. The van der Waals surface area contributed by atoms with E-state index in [0.29, 0.717) is 138 Å². The zero-order chi connectivity index (χ0) is 58.1. The molecule has 0 amide bonds. The lowest BCUT2D eigenvalue weighted by atomic mass is 10.0. The number of halogens is 5. The second-order valence-electron chi connectivity index (χ2n) is 17.1. The third-order valence-electron chi connectivity index (χ3n) is 9.25. The van der Waals surface area contributed by atoms with Crippen LogP contribution in [0.2, 0.25) is 0 Å². The number of esters is 3. The number of carbonyl (C=O) groups excluding carboxylic acids is 6. The van der Waals surface area contributed by atoms with Crippen LogP contribution < -0.4 is 14.2 Å². The van der Waals surface area contributed by atoms with E-state index in [0.717, 1.165) is 0 Å². The number of benzene rings is 3. The highest BCUT2D eigenvalue weighted by molar-refractivity contribution is 9.93. The first kappa shape index (κ1) is 73.6. The molecule has 0 aromatic heterocycles. The first-order valence-corrected chi connectivity index (χ1v) is 30.5. The van der Waals surface area contributed by atoms with Crippen molar-refractivity contribution in [1.82, 2.24) is 0 Å². The van der Waals surface area contributed by atoms with Crippen molar-refractivity contribution in [2.24, 2.45) is 5.92 Å². The summed E-state index contributed by atoms with van der Waals surface area (Å²) in [4.78, 5) is 67.7. The highest BCUT2D eigenvalue weighted by atomic mass is 80.9. The van der Waals surface area contributed by atoms with Gasteiger partial charge >= 0.3 is 17.9 Å². The van der Waals surface area contributed by atoms with Crippen LogP contribution in [0.3, 0.4) is 0 Å². The van der Waals surface area contributed by atoms with Crippen molar-refractivity contribution < 1.29 is 85.6 Å². The van der Waals surface area contributed by atoms with Gasteiger partial charge in [-0.1, -0.05) is 45.7 Å². The molecule has 3 aromatic carbocycles. The van der Waals surface area contributed by atoms with Crippen LogP contribution in [-0.4, -0.2) is 163 Å². The van der Waals surface area contributed by atoms with Crippen molar-refractivity contribution in [3.8, 4) is 17.2 Å². The summed E-state index contributed by atoms with van der Waals surface area (Å²) in [5, 5.41) is 0. The van der Waals surface area contributed by atoms with Gasteiger partial charge in [0.25, 0.3) is 0 Å². The van der Waals surface area contributed by atoms with Gasteiger partial charge < -0.3 is 56.8 Å². The van der Waals surface area contributed by atoms with Gasteiger partial charge in [0.15, 0.2) is 17.3 Å². The Bertz CT molecular complexity index is 2110. The summed E-state index contributed by atoms with van der Waals surface area (Å²) in [5.74, 6) is 1.23. The molecule has 77 heavy (non-hydrogen) atoms. The average Bonchev–Trinajstić information content (AvgIpc) is 3.38. The molecule has 434 valence electrons. The smallest absolute Gasteiger partial charge is 0.302 e. The maximum Gasteiger partial charge on any atom is 0.302 e. The average molecular weight is 1410 g/mol. The van der Waals surface area contributed by atoms with Crippen LogP contribution in [0.4, 0.5) is 0 Å². The topological polar surface area (TPSA) is 213 Å². The van der Waals surface area contributed by atoms with Crippen LogP contribution in [0.15, 0.2) is 71.2 Å². The van der Waals surface area contributed by atoms with Gasteiger partial charge in [-0.2, -0.15) is 0 Å². The van der Waals surface area contributed by atoms with Crippen LogP contribution in [-0.2, 0) is 57.0 Å². The molecule has 23 heteroatoms. The number of ether oxygens (including phenoxy) is 12. The van der Waals surface area contributed by atoms with Crippen LogP contribution in [0.25, 0.3) is 0 Å². The van der Waals surface area contributed by atoms with Crippen LogP contribution in [0.5, 0.6) is 17.2 Å². The monoisotopic (exact) mass is 1410 g/mol. The van der Waals surface area contributed by atoms with Crippen LogP contribution >= 0.6 is 76.0 Å². The molecule has 0 heterocycles. The van der Waals surface area contributed by atoms with Crippen molar-refractivity contribution in [2.75, 3.05) is 119 Å². The molecule has 3 aromatic rings. The molecule has 0 aliphatic heterocycles. The third-order valence-corrected chi connectivity index (χ3v) is 10.6. The summed E-state index contributed by atoms with van der Waals surface area (Å²) in [5.41, 5.74) is 1.93. The Morgan fingerprint density at radius 2 is 0.701 bits per heavy atom. The van der Waals surface area contributed by atoms with E-state index < -0.39 is 8.65 Å². The Labute approximate surface area is 494 Å². The summed E-state index contributed by atoms with van der Waals surface area (Å²) in [6, 6.07) is 19.4. The Kier molecular flexibility index (Phi) is 42.5. The van der Waals surface area contributed by atoms with E-state index in [-0.39, 0.29) is 61.0 Å². The fourth-order valence-corrected chi connectivity index (χ4v) is 6.49. The standard InChI is InChI=1S/C18H24Br2O6.C18H25BrO6.C18H26O6.Br2/c1-13(21)25-10-8-23-6-7-24-9-11-26-16-5-4-14(12-15(16)19)17(22)18(2,3)20;1-14(20)24-12-10-22-8-9-23-11-13-25-16-6-4-15(5-7-16)17(21)18(2,3)19;1-14(2)18(20)16-4-6-17(7-5-16)24-13-11-22-9-8-21-10-12-23-15(3)19;1-2/h4-5,12H,6-11H2,1-3H3;4-7H,8-13H2,1-3H3;4-7,14H,8-13H2,1-3H3;. The number of Topliss-reactive ketones (excluding diaryl/α,β-unsaturated/α-hetero) is 3. The van der Waals surface area contributed by atoms with Gasteiger partial charge in [-0.15, -0.1) is 0 Å². The maximum atomic E-state index is 12.2. The molecule has 0 N–H and O–H groups in total. The van der Waals surface area contributed by atoms with Crippen LogP contribution in [0.1, 0.15) is 93.4 Å². The van der Waals surface area contributed by atoms with E-state index in [4.69, 9.17) is 56.8 Å². The van der Waals surface area contributed by atoms with E-state index in [1.165, 1.54) is 20.8 Å². The minimum Gasteiger partial charge on any atom is -0.491 e. The Morgan fingerprint density at radius 1 is 0.416 bits per heavy atom. The number of ketones is 3. The molecule has 0 radical (unpaired) electrons. The molecular formula is C54H75Br5O18. The third kappa shape index (κ3) is 38.8. The maximum absolute atomic E-state index is 12.2. The molecule has 3 rings (SSSR count). The fraction of sp³-hybridized carbons (Fsp3) is 0.556. The van der Waals surface area contributed by atoms with Crippen molar-refractivity contribution >= 4 is 111 Å². The van der Waals surface area contributed by atoms with Crippen LogP contribution in [0, 0.1) is 5.92 Å². The fourth-order valence-electron chi connectivity index (χ4n) is 5.54. The molecule has 0 aliphatic rings. The minimum atomic E-state index is -0.608. The van der Waals surface area contributed by atoms with Crippen molar-refractivity contribution in [1.29, 1.82) is 0 Å². The molecule has 0 spiro atoms. The van der Waals surface area contributed by atoms with Gasteiger partial charge in [-0.3, -0.25) is 28.8 Å². The second-order valence-corrected chi connectivity index (χ2v) is 21.9. The predicted octanol–water partition coefficient (Wildman–Crippen LogP) is 11.0. The first-order valence-electron chi connectivity index (χ1n) is 24.4. The number of carbonyl (C=O) groups is 6. The molecule has 0 aliphatic carbocycles. The van der Waals surface area contributed by atoms with E-state index in [9.17, 15) is 28.8 Å². The van der Waals surface area contributed by atoms with E-state index >= 15 is 0 Å². The lowest BCUT2D eigenvalue weighted by Gasteiger charge is -2.15. The molecule has 0 saturated carbocycles. The Balaban J connectivity index is 0.00000111. The largest absolute Gasteiger partial charge is 0.491 e. The molecule has 0 unspecified atom stereocenters. The van der Waals surface area contributed by atoms with Crippen molar-refractivity contribution in [3.63, 3.8) is 0 Å². The lowest BCUT2D eigenvalue weighted by molar-refractivity contribution is -0.143. The van der Waals surface area contributed by atoms with Gasteiger partial charge in [0.05, 0.1) is 92.4 Å². The summed E-state index contributed by atoms with van der Waals surface area (Å²) in [6.07, 6.45) is 0. The number of alkyl halides is 2. The minimum absolute atomic E-state index is 0.00165. The summed E-state index contributed by atoms with van der Waals surface area (Å²) >= 11 is 15.7. The number of hydrogen-bond donors (Lipinski definition) is 0. The summed E-state index contributed by atoms with van der Waals surface area (Å²) in [6.45, 7) is 22.0. The Morgan fingerprint density at radius 3 is 1.01 bits per heavy atom. The van der Waals surface area contributed by atoms with Gasteiger partial charge in [0, 0.05) is 71.6 Å². The molecule has 18 nitrogen and oxygen atoms in total. The molecule has 0 saturated heterocycles. The van der Waals surface area contributed by atoms with Gasteiger partial charge in [0.1, 0.15) is 56.9 Å². The van der Waals surface area contributed by atoms with E-state index in [1.54, 1.807) is 66.7 Å². The zero-order valence-corrected chi connectivity index (χ0v) is 53.3. The van der Waals surface area contributed by atoms with Crippen molar-refractivity contribution in [2.45, 2.75) is 71.0 Å². The SMILES string of the molecule is BrBr.CC(=O)OCCOCCOCCOc1ccc(C(=O)C(C)(C)Br)cc1.CC(=O)OCCOCCOCCOc1ccc(C(=O)C(C)(C)Br)cc1Br.CC(=O)OCCOCCOCCOc1ccc(C(=O)C(C)C)cc1. The normalized spacial score (nSPS) is 10.8. The van der Waals surface area contributed by atoms with Gasteiger partial charge in [0.2, 0.25) is 0 Å². The lowest BCUT2D eigenvalue weighted by Crippen LogP contribution is -2.24. The molecule has 0 atom stereocenters. The van der Waals surface area contributed by atoms with E-state index in [2.05, 4.69) is 76.0 Å². The quantitative estimate of drug-likeness (QED) is 0.0174. The van der Waals surface area contributed by atoms with E-state index in [1.807, 2.05) is 41.5 Å². The summed E-state index contributed by atoms with van der Waals surface area (Å²) < 4.78 is 62.3. The molecule has 0 bridgehead atoms. The highest BCUT2D eigenvalue weighted by Gasteiger charge is 2.26. The van der Waals surface area contributed by atoms with Gasteiger partial charge in [-0.05, 0) is 110 Å². The summed E-state index contributed by atoms with van der Waals surface area (Å²) in [7, 11) is 0. The van der Waals surface area contributed by atoms with Crippen molar-refractivity contribution in [3.05, 3.63) is 87.9 Å².